The number of pyridine rings is 1. The molecule has 3 heterocycles. The van der Waals surface area contributed by atoms with Gasteiger partial charge in [-0.05, 0) is 54.4 Å². The summed E-state index contributed by atoms with van der Waals surface area (Å²) in [5.41, 5.74) is 7.77. The second-order valence-corrected chi connectivity index (χ2v) is 10.1. The molecule has 1 amide bonds. The molecule has 1 saturated heterocycles. The Kier molecular flexibility index (Phi) is 7.60. The molecule has 3 aromatic rings. The lowest BCUT2D eigenvalue weighted by molar-refractivity contribution is 0.0791. The number of likely N-dealkylation sites (tertiary alicyclic amines) is 1. The van der Waals surface area contributed by atoms with Crippen LogP contribution in [0.25, 0.3) is 0 Å². The Morgan fingerprint density at radius 3 is 2.63 bits per heavy atom. The topological polar surface area (TPSA) is 109 Å². The van der Waals surface area contributed by atoms with Crippen LogP contribution in [0.2, 0.25) is 0 Å². The number of nitrogens with zero attached hydrogens (tertiary/aromatic N) is 4. The number of benzene rings is 1. The highest BCUT2D eigenvalue weighted by molar-refractivity contribution is 5.94. The minimum Gasteiger partial charge on any atom is -0.350 e. The van der Waals surface area contributed by atoms with Crippen molar-refractivity contribution < 1.29 is 4.79 Å². The monoisotopic (exact) mass is 473 g/mol. The van der Waals surface area contributed by atoms with E-state index in [1.807, 2.05) is 4.90 Å². The normalized spacial score (nSPS) is 15.8. The van der Waals surface area contributed by atoms with Crippen LogP contribution >= 0.6 is 0 Å². The minimum atomic E-state index is 0.00206. The van der Waals surface area contributed by atoms with Crippen LogP contribution in [0.5, 0.6) is 0 Å². The molecule has 1 unspecified atom stereocenters. The van der Waals surface area contributed by atoms with Gasteiger partial charge in [0.2, 0.25) is 5.95 Å². The summed E-state index contributed by atoms with van der Waals surface area (Å²) < 4.78 is 0. The summed E-state index contributed by atoms with van der Waals surface area (Å²) >= 11 is 0. The van der Waals surface area contributed by atoms with Gasteiger partial charge in [-0.1, -0.05) is 45.0 Å². The number of aryl methyl sites for hydroxylation is 2. The van der Waals surface area contributed by atoms with Crippen LogP contribution in [-0.2, 0) is 18.3 Å². The summed E-state index contributed by atoms with van der Waals surface area (Å²) in [6, 6.07) is 12.5. The Morgan fingerprint density at radius 2 is 1.94 bits per heavy atom. The van der Waals surface area contributed by atoms with Crippen molar-refractivity contribution in [2.75, 3.05) is 23.8 Å². The van der Waals surface area contributed by atoms with Gasteiger partial charge in [0.1, 0.15) is 0 Å². The molecule has 0 aliphatic carbocycles. The Balaban J connectivity index is 1.33. The lowest BCUT2D eigenvalue weighted by atomic mass is 9.86. The van der Waals surface area contributed by atoms with Crippen molar-refractivity contribution in [1.29, 1.82) is 0 Å². The summed E-state index contributed by atoms with van der Waals surface area (Å²) in [5.74, 6) is 6.28. The zero-order chi connectivity index (χ0) is 24.8. The summed E-state index contributed by atoms with van der Waals surface area (Å²) in [4.78, 5) is 27.7. The number of hydrogen-bond donors (Lipinski definition) is 3. The maximum Gasteiger partial charge on any atom is 0.255 e. The Labute approximate surface area is 207 Å². The van der Waals surface area contributed by atoms with E-state index in [0.717, 1.165) is 37.1 Å². The van der Waals surface area contributed by atoms with E-state index in [2.05, 4.69) is 65.7 Å². The van der Waals surface area contributed by atoms with E-state index < -0.39 is 0 Å². The number of rotatable bonds is 8. The number of hydrazine groups is 1. The van der Waals surface area contributed by atoms with Crippen LogP contribution in [0.15, 0.2) is 55.0 Å². The van der Waals surface area contributed by atoms with E-state index >= 15 is 0 Å². The second kappa shape index (κ2) is 10.8. The Morgan fingerprint density at radius 1 is 1.14 bits per heavy atom. The number of carbonyl (C=O) groups excluding carboxylic acids is 1. The van der Waals surface area contributed by atoms with Gasteiger partial charge in [0.05, 0.1) is 23.1 Å². The molecular weight excluding hydrogens is 438 g/mol. The van der Waals surface area contributed by atoms with Gasteiger partial charge in [0.15, 0.2) is 0 Å². The fraction of sp³-hybridized carbons (Fsp3) is 0.407. The van der Waals surface area contributed by atoms with Crippen LogP contribution in [0.4, 0.5) is 11.6 Å². The van der Waals surface area contributed by atoms with E-state index in [-0.39, 0.29) is 17.4 Å². The molecule has 0 spiro atoms. The van der Waals surface area contributed by atoms with Crippen molar-refractivity contribution in [3.8, 4) is 0 Å². The summed E-state index contributed by atoms with van der Waals surface area (Å²) in [7, 11) is 0. The first-order chi connectivity index (χ1) is 16.8. The van der Waals surface area contributed by atoms with Crippen molar-refractivity contribution >= 4 is 17.5 Å². The number of nitrogens with two attached hydrogens (primary N) is 1. The van der Waals surface area contributed by atoms with E-state index in [1.54, 1.807) is 30.7 Å². The van der Waals surface area contributed by atoms with Crippen LogP contribution in [-0.4, -0.2) is 44.9 Å². The predicted molar refractivity (Wildman–Crippen MR) is 139 cm³/mol. The van der Waals surface area contributed by atoms with Crippen LogP contribution in [0, 0.1) is 0 Å². The number of anilines is 2. The molecule has 1 aliphatic heterocycles. The van der Waals surface area contributed by atoms with Gasteiger partial charge in [-0.3, -0.25) is 15.6 Å². The zero-order valence-corrected chi connectivity index (χ0v) is 20.8. The van der Waals surface area contributed by atoms with Gasteiger partial charge in [-0.2, -0.15) is 0 Å². The molecule has 1 aromatic carbocycles. The van der Waals surface area contributed by atoms with Crippen molar-refractivity contribution in [3.63, 3.8) is 0 Å². The van der Waals surface area contributed by atoms with Gasteiger partial charge in [0.25, 0.3) is 5.91 Å². The van der Waals surface area contributed by atoms with Gasteiger partial charge in [-0.15, -0.1) is 0 Å². The lowest BCUT2D eigenvalue weighted by Crippen LogP contribution is -2.32. The van der Waals surface area contributed by atoms with E-state index in [1.165, 1.54) is 11.1 Å². The third-order valence-electron chi connectivity index (χ3n) is 6.44. The maximum atomic E-state index is 12.7. The number of nitrogen functional groups attached to an aromatic ring is 1. The molecule has 1 fully saturated rings. The van der Waals surface area contributed by atoms with Crippen molar-refractivity contribution in [1.82, 2.24) is 19.9 Å². The largest absolute Gasteiger partial charge is 0.350 e. The highest BCUT2D eigenvalue weighted by atomic mass is 16.2. The van der Waals surface area contributed by atoms with Gasteiger partial charge >= 0.3 is 0 Å². The predicted octanol–water partition coefficient (Wildman–Crippen LogP) is 3.96. The Hall–Kier alpha value is -3.52. The van der Waals surface area contributed by atoms with Crippen LogP contribution < -0.4 is 16.6 Å². The molecular formula is C27H35N7O. The molecule has 0 radical (unpaired) electrons. The van der Waals surface area contributed by atoms with E-state index in [9.17, 15) is 4.79 Å². The third-order valence-corrected chi connectivity index (χ3v) is 6.44. The highest BCUT2D eigenvalue weighted by Gasteiger charge is 2.27. The van der Waals surface area contributed by atoms with Crippen molar-refractivity contribution in [3.05, 3.63) is 77.4 Å². The molecule has 4 N–H and O–H groups in total. The maximum absolute atomic E-state index is 12.7. The number of carbonyl (C=O) groups is 1. The fourth-order valence-corrected chi connectivity index (χ4v) is 4.35. The summed E-state index contributed by atoms with van der Waals surface area (Å²) in [6.45, 7) is 7.98. The SMILES string of the molecule is CC(C)(C)c1ccc(CCCc2nc(NC3CCN(C(=O)c4cccnc4)C3)ncc2NN)cc1. The summed E-state index contributed by atoms with van der Waals surface area (Å²) in [5, 5.41) is 3.40. The van der Waals surface area contributed by atoms with E-state index in [0.29, 0.717) is 24.6 Å². The minimum absolute atomic E-state index is 0.00206. The number of aromatic nitrogens is 3. The molecule has 35 heavy (non-hydrogen) atoms. The lowest BCUT2D eigenvalue weighted by Gasteiger charge is -2.19. The molecule has 1 aliphatic rings. The highest BCUT2D eigenvalue weighted by Crippen LogP contribution is 2.23. The fourth-order valence-electron chi connectivity index (χ4n) is 4.35. The number of amides is 1. The van der Waals surface area contributed by atoms with Crippen molar-refractivity contribution in [2.24, 2.45) is 5.84 Å². The number of nitrogens with one attached hydrogen (secondary N) is 2. The Bertz CT molecular complexity index is 1130. The third kappa shape index (κ3) is 6.33. The van der Waals surface area contributed by atoms with Crippen LogP contribution in [0.1, 0.15) is 60.8 Å². The first-order valence-electron chi connectivity index (χ1n) is 12.2. The molecule has 4 rings (SSSR count). The molecule has 1 atom stereocenters. The van der Waals surface area contributed by atoms with E-state index in [4.69, 9.17) is 10.8 Å². The molecule has 8 heteroatoms. The average Bonchev–Trinajstić information content (AvgIpc) is 3.32. The molecule has 8 nitrogen and oxygen atoms in total. The average molecular weight is 474 g/mol. The molecule has 184 valence electrons. The second-order valence-electron chi connectivity index (χ2n) is 10.1. The first-order valence-corrected chi connectivity index (χ1v) is 12.2. The van der Waals surface area contributed by atoms with Gasteiger partial charge < -0.3 is 15.6 Å². The smallest absolute Gasteiger partial charge is 0.255 e. The van der Waals surface area contributed by atoms with Crippen LogP contribution in [0.3, 0.4) is 0 Å². The van der Waals surface area contributed by atoms with Gasteiger partial charge in [-0.25, -0.2) is 9.97 Å². The molecule has 0 saturated carbocycles. The number of hydrogen-bond acceptors (Lipinski definition) is 7. The molecule has 0 bridgehead atoms. The first kappa shape index (κ1) is 24.6. The molecule has 2 aromatic heterocycles. The zero-order valence-electron chi connectivity index (χ0n) is 20.8. The summed E-state index contributed by atoms with van der Waals surface area (Å²) in [6.07, 6.45) is 8.54. The van der Waals surface area contributed by atoms with Gasteiger partial charge in [0, 0.05) is 31.5 Å². The standard InChI is InChI=1S/C27H35N7O/c1-27(2,3)21-11-9-19(10-12-21)6-4-8-23-24(33-28)17-30-26(32-23)31-22-13-15-34(18-22)25(35)20-7-5-14-29-16-20/h5,7,9-12,14,16-17,22,33H,4,6,8,13,15,18,28H2,1-3H3,(H,30,31,32). The van der Waals surface area contributed by atoms with Crippen molar-refractivity contribution in [2.45, 2.75) is 57.9 Å². The quantitative estimate of drug-likeness (QED) is 0.336.